The largest absolute Gasteiger partial charge is 0.378 e. The van der Waals surface area contributed by atoms with Crippen molar-refractivity contribution >= 4 is 0 Å². The van der Waals surface area contributed by atoms with Gasteiger partial charge in [-0.1, -0.05) is 5.16 Å². The summed E-state index contributed by atoms with van der Waals surface area (Å²) in [6, 6.07) is -0.316. The zero-order chi connectivity index (χ0) is 13.8. The number of hydrogen-bond donors (Lipinski definition) is 2. The molecule has 20 heavy (non-hydrogen) atoms. The molecular weight excluding hydrogens is 258 g/mol. The van der Waals surface area contributed by atoms with Gasteiger partial charge in [-0.25, -0.2) is 4.98 Å². The van der Waals surface area contributed by atoms with Gasteiger partial charge in [0.2, 0.25) is 5.89 Å². The number of aromatic nitrogens is 4. The maximum atomic E-state index is 6.06. The fourth-order valence-electron chi connectivity index (χ4n) is 2.39. The van der Waals surface area contributed by atoms with Crippen molar-refractivity contribution in [1.29, 1.82) is 0 Å². The van der Waals surface area contributed by atoms with E-state index >= 15 is 0 Å². The van der Waals surface area contributed by atoms with Gasteiger partial charge in [-0.2, -0.15) is 4.98 Å². The van der Waals surface area contributed by atoms with E-state index in [1.165, 1.54) is 6.42 Å². The van der Waals surface area contributed by atoms with Crippen LogP contribution in [-0.2, 0) is 17.6 Å². The maximum absolute atomic E-state index is 6.06. The molecule has 3 heterocycles. The number of nitrogens with two attached hydrogens (primary N) is 1. The number of ether oxygens (including phenoxy) is 1. The fraction of sp³-hybridized carbons (Fsp3) is 0.615. The Morgan fingerprint density at radius 1 is 1.45 bits per heavy atom. The van der Waals surface area contributed by atoms with E-state index in [0.717, 1.165) is 25.1 Å². The predicted octanol–water partition coefficient (Wildman–Crippen LogP) is 1.15. The van der Waals surface area contributed by atoms with Gasteiger partial charge in [-0.3, -0.25) is 0 Å². The first-order valence-corrected chi connectivity index (χ1v) is 6.98. The van der Waals surface area contributed by atoms with Crippen molar-refractivity contribution in [1.82, 2.24) is 20.1 Å². The molecule has 0 aromatic carbocycles. The van der Waals surface area contributed by atoms with Crippen molar-refractivity contribution < 1.29 is 9.26 Å². The summed E-state index contributed by atoms with van der Waals surface area (Å²) in [5.41, 5.74) is 7.01. The molecule has 1 saturated heterocycles. The Labute approximate surface area is 116 Å². The van der Waals surface area contributed by atoms with Crippen molar-refractivity contribution in [2.75, 3.05) is 6.61 Å². The summed E-state index contributed by atoms with van der Waals surface area (Å²) in [6.45, 7) is 0.828. The lowest BCUT2D eigenvalue weighted by Gasteiger charge is -2.20. The van der Waals surface area contributed by atoms with E-state index in [0.29, 0.717) is 24.6 Å². The molecule has 0 radical (unpaired) electrons. The highest BCUT2D eigenvalue weighted by molar-refractivity contribution is 5.02. The highest BCUT2D eigenvalue weighted by Crippen LogP contribution is 2.18. The molecule has 1 unspecified atom stereocenters. The fourth-order valence-corrected chi connectivity index (χ4v) is 2.39. The van der Waals surface area contributed by atoms with Gasteiger partial charge in [0.05, 0.1) is 18.5 Å². The molecule has 0 amide bonds. The molecule has 3 N–H and O–H groups in total. The Morgan fingerprint density at radius 3 is 3.15 bits per heavy atom. The lowest BCUT2D eigenvalue weighted by Crippen LogP contribution is -2.22. The molecule has 2 aromatic heterocycles. The molecule has 7 heteroatoms. The van der Waals surface area contributed by atoms with Crippen LogP contribution in [0.15, 0.2) is 17.0 Å². The molecule has 108 valence electrons. The summed E-state index contributed by atoms with van der Waals surface area (Å²) < 4.78 is 10.9. The topological polar surface area (TPSA) is 103 Å². The summed E-state index contributed by atoms with van der Waals surface area (Å²) in [5.74, 6) is 1.14. The first-order chi connectivity index (χ1) is 9.81. The first-order valence-electron chi connectivity index (χ1n) is 6.98. The van der Waals surface area contributed by atoms with Gasteiger partial charge in [0.25, 0.3) is 0 Å². The van der Waals surface area contributed by atoms with Crippen LogP contribution in [-0.4, -0.2) is 32.8 Å². The summed E-state index contributed by atoms with van der Waals surface area (Å²) in [7, 11) is 0. The van der Waals surface area contributed by atoms with Crippen LogP contribution in [0.1, 0.15) is 42.7 Å². The van der Waals surface area contributed by atoms with Crippen LogP contribution in [0.25, 0.3) is 0 Å². The van der Waals surface area contributed by atoms with Crippen LogP contribution in [0, 0.1) is 0 Å². The number of hydrogen-bond acceptors (Lipinski definition) is 6. The average molecular weight is 277 g/mol. The number of aromatic amines is 1. The molecule has 0 saturated carbocycles. The smallest absolute Gasteiger partial charge is 0.243 e. The van der Waals surface area contributed by atoms with E-state index in [1.54, 1.807) is 12.5 Å². The standard InChI is InChI=1S/C13H19N5O2/c14-11(5-9-7-15-8-16-9)13-17-12(18-20-13)6-10-3-1-2-4-19-10/h7-8,10-11H,1-6,14H2,(H,15,16)/t10?,11-/m1/s1. The van der Waals surface area contributed by atoms with Gasteiger partial charge in [-0.05, 0) is 19.3 Å². The maximum Gasteiger partial charge on any atom is 0.243 e. The van der Waals surface area contributed by atoms with E-state index < -0.39 is 0 Å². The van der Waals surface area contributed by atoms with Crippen LogP contribution >= 0.6 is 0 Å². The number of nitrogens with one attached hydrogen (secondary N) is 1. The third kappa shape index (κ3) is 3.23. The second-order valence-corrected chi connectivity index (χ2v) is 5.13. The first kappa shape index (κ1) is 13.3. The molecule has 2 atom stereocenters. The zero-order valence-corrected chi connectivity index (χ0v) is 11.3. The van der Waals surface area contributed by atoms with Crippen LogP contribution < -0.4 is 5.73 Å². The van der Waals surface area contributed by atoms with Gasteiger partial charge in [0.15, 0.2) is 5.82 Å². The van der Waals surface area contributed by atoms with Gasteiger partial charge in [-0.15, -0.1) is 0 Å². The third-order valence-electron chi connectivity index (χ3n) is 3.48. The molecule has 0 bridgehead atoms. The summed E-state index contributed by atoms with van der Waals surface area (Å²) in [5, 5.41) is 3.99. The Kier molecular flexibility index (Phi) is 4.08. The highest BCUT2D eigenvalue weighted by Gasteiger charge is 2.20. The van der Waals surface area contributed by atoms with Crippen molar-refractivity contribution in [3.8, 4) is 0 Å². The average Bonchev–Trinajstić information content (AvgIpc) is 3.11. The van der Waals surface area contributed by atoms with E-state index in [9.17, 15) is 0 Å². The van der Waals surface area contributed by atoms with Crippen molar-refractivity contribution in [2.45, 2.75) is 44.2 Å². The summed E-state index contributed by atoms with van der Waals surface area (Å²) in [6.07, 6.45) is 8.27. The van der Waals surface area contributed by atoms with Crippen LogP contribution in [0.3, 0.4) is 0 Å². The molecule has 1 fully saturated rings. The molecule has 0 spiro atoms. The second-order valence-electron chi connectivity index (χ2n) is 5.13. The Morgan fingerprint density at radius 2 is 2.40 bits per heavy atom. The van der Waals surface area contributed by atoms with E-state index in [4.69, 9.17) is 15.0 Å². The van der Waals surface area contributed by atoms with Crippen LogP contribution in [0.5, 0.6) is 0 Å². The van der Waals surface area contributed by atoms with Gasteiger partial charge in [0.1, 0.15) is 0 Å². The Hall–Kier alpha value is -1.73. The van der Waals surface area contributed by atoms with Gasteiger partial charge < -0.3 is 20.0 Å². The van der Waals surface area contributed by atoms with Crippen molar-refractivity contribution in [3.63, 3.8) is 0 Å². The third-order valence-corrected chi connectivity index (χ3v) is 3.48. The van der Waals surface area contributed by atoms with Crippen molar-refractivity contribution in [3.05, 3.63) is 29.9 Å². The number of rotatable bonds is 5. The second kappa shape index (κ2) is 6.15. The normalized spacial score (nSPS) is 20.9. The zero-order valence-electron chi connectivity index (χ0n) is 11.3. The Balaban J connectivity index is 1.58. The van der Waals surface area contributed by atoms with Gasteiger partial charge >= 0.3 is 0 Å². The van der Waals surface area contributed by atoms with E-state index in [1.807, 2.05) is 0 Å². The lowest BCUT2D eigenvalue weighted by atomic mass is 10.1. The number of H-pyrrole nitrogens is 1. The molecule has 1 aliphatic heterocycles. The van der Waals surface area contributed by atoms with Crippen LogP contribution in [0.2, 0.25) is 0 Å². The number of nitrogens with zero attached hydrogens (tertiary/aromatic N) is 3. The summed E-state index contributed by atoms with van der Waals surface area (Å²) >= 11 is 0. The van der Waals surface area contributed by atoms with E-state index in [-0.39, 0.29) is 12.1 Å². The SMILES string of the molecule is N[C@H](Cc1cnc[nH]1)c1nc(CC2CCCCO2)no1. The molecule has 0 aliphatic carbocycles. The minimum Gasteiger partial charge on any atom is -0.378 e. The molecular formula is C13H19N5O2. The van der Waals surface area contributed by atoms with E-state index in [2.05, 4.69) is 20.1 Å². The lowest BCUT2D eigenvalue weighted by molar-refractivity contribution is 0.0153. The monoisotopic (exact) mass is 277 g/mol. The summed E-state index contributed by atoms with van der Waals surface area (Å²) in [4.78, 5) is 11.3. The minimum atomic E-state index is -0.316. The van der Waals surface area contributed by atoms with Crippen molar-refractivity contribution in [2.24, 2.45) is 5.73 Å². The highest BCUT2D eigenvalue weighted by atomic mass is 16.5. The molecule has 3 rings (SSSR count). The molecule has 2 aromatic rings. The predicted molar refractivity (Wildman–Crippen MR) is 70.8 cm³/mol. The number of imidazole rings is 1. The van der Waals surface area contributed by atoms with Gasteiger partial charge in [0, 0.05) is 31.3 Å². The molecule has 1 aliphatic rings. The van der Waals surface area contributed by atoms with Crippen LogP contribution in [0.4, 0.5) is 0 Å². The molecule has 7 nitrogen and oxygen atoms in total. The minimum absolute atomic E-state index is 0.207. The quantitative estimate of drug-likeness (QED) is 0.849. The Bertz CT molecular complexity index is 519.